The number of aromatic hydroxyl groups is 1. The molecule has 2 aliphatic heterocycles. The third kappa shape index (κ3) is 2.93. The number of hydroxylamine groups is 1. The Morgan fingerprint density at radius 1 is 0.833 bits per heavy atom. The number of benzene rings is 3. The van der Waals surface area contributed by atoms with Crippen molar-refractivity contribution in [3.05, 3.63) is 89.4 Å². The number of para-hydroxylation sites is 1. The van der Waals surface area contributed by atoms with Crippen LogP contribution >= 0.6 is 11.6 Å². The molecule has 2 aliphatic rings. The largest absolute Gasteiger partial charge is 0.508 e. The SMILES string of the molecule is O=C1[C@H]2[C@@H](ON(c3ccccc3)[C@H]2c2ccc(O)cc2)C(=O)N1c1cccc(Cl)c1. The zero-order valence-corrected chi connectivity index (χ0v) is 16.4. The van der Waals surface area contributed by atoms with Gasteiger partial charge in [-0.3, -0.25) is 14.4 Å². The molecule has 3 aromatic carbocycles. The van der Waals surface area contributed by atoms with E-state index in [0.29, 0.717) is 10.7 Å². The smallest absolute Gasteiger partial charge is 0.266 e. The number of fused-ring (bicyclic) bond motifs is 1. The van der Waals surface area contributed by atoms with E-state index in [1.165, 1.54) is 0 Å². The highest BCUT2D eigenvalue weighted by Crippen LogP contribution is 2.47. The van der Waals surface area contributed by atoms with Crippen LogP contribution in [-0.4, -0.2) is 23.0 Å². The molecule has 0 aliphatic carbocycles. The van der Waals surface area contributed by atoms with Crippen LogP contribution in [-0.2, 0) is 14.4 Å². The van der Waals surface area contributed by atoms with Crippen LogP contribution in [0.15, 0.2) is 78.9 Å². The molecular weight excluding hydrogens is 404 g/mol. The van der Waals surface area contributed by atoms with Gasteiger partial charge in [0.1, 0.15) is 11.7 Å². The molecule has 5 rings (SSSR count). The first-order valence-corrected chi connectivity index (χ1v) is 9.86. The number of phenolic OH excluding ortho intramolecular Hbond substituents is 1. The van der Waals surface area contributed by atoms with Crippen molar-refractivity contribution in [1.29, 1.82) is 0 Å². The fourth-order valence-corrected chi connectivity index (χ4v) is 4.28. The minimum atomic E-state index is -0.949. The standard InChI is InChI=1S/C23H17ClN2O4/c24-15-5-4-8-17(13-15)25-22(28)19-20(14-9-11-18(27)12-10-14)26(30-21(19)23(25)29)16-6-2-1-3-7-16/h1-13,19-21,27H/t19-,20+,21-/m1/s1. The first kappa shape index (κ1) is 18.7. The van der Waals surface area contributed by atoms with Gasteiger partial charge in [-0.25, -0.2) is 9.96 Å². The van der Waals surface area contributed by atoms with Gasteiger partial charge in [0, 0.05) is 5.02 Å². The van der Waals surface area contributed by atoms with Crippen molar-refractivity contribution in [2.45, 2.75) is 12.1 Å². The Kier molecular flexibility index (Phi) is 4.46. The Morgan fingerprint density at radius 3 is 2.23 bits per heavy atom. The molecule has 150 valence electrons. The van der Waals surface area contributed by atoms with Crippen LogP contribution in [0.3, 0.4) is 0 Å². The number of hydrogen-bond acceptors (Lipinski definition) is 5. The van der Waals surface area contributed by atoms with Crippen LogP contribution in [0.2, 0.25) is 5.02 Å². The van der Waals surface area contributed by atoms with Crippen LogP contribution in [0.1, 0.15) is 11.6 Å². The van der Waals surface area contributed by atoms with Crippen molar-refractivity contribution in [3.63, 3.8) is 0 Å². The maximum Gasteiger partial charge on any atom is 0.266 e. The molecule has 1 N–H and O–H groups in total. The third-order valence-electron chi connectivity index (χ3n) is 5.43. The summed E-state index contributed by atoms with van der Waals surface area (Å²) in [6.45, 7) is 0. The Balaban J connectivity index is 1.59. The molecule has 0 radical (unpaired) electrons. The van der Waals surface area contributed by atoms with E-state index in [4.69, 9.17) is 16.4 Å². The van der Waals surface area contributed by atoms with E-state index in [9.17, 15) is 14.7 Å². The average Bonchev–Trinajstić information content (AvgIpc) is 3.26. The van der Waals surface area contributed by atoms with Gasteiger partial charge in [0.15, 0.2) is 6.10 Å². The average molecular weight is 421 g/mol. The summed E-state index contributed by atoms with van der Waals surface area (Å²) in [7, 11) is 0. The molecule has 0 aromatic heterocycles. The molecule has 2 fully saturated rings. The number of amides is 2. The van der Waals surface area contributed by atoms with Crippen LogP contribution in [0.4, 0.5) is 11.4 Å². The number of anilines is 2. The molecule has 30 heavy (non-hydrogen) atoms. The lowest BCUT2D eigenvalue weighted by Crippen LogP contribution is -2.37. The van der Waals surface area contributed by atoms with Crippen LogP contribution in [0, 0.1) is 5.92 Å². The molecule has 3 aromatic rings. The summed E-state index contributed by atoms with van der Waals surface area (Å²) >= 11 is 6.07. The monoisotopic (exact) mass is 420 g/mol. The normalized spacial score (nSPS) is 23.2. The molecule has 3 atom stereocenters. The van der Waals surface area contributed by atoms with Crippen LogP contribution in [0.5, 0.6) is 5.75 Å². The highest BCUT2D eigenvalue weighted by Gasteiger charge is 2.60. The first-order chi connectivity index (χ1) is 14.5. The molecule has 0 unspecified atom stereocenters. The van der Waals surface area contributed by atoms with Crippen molar-refractivity contribution in [3.8, 4) is 5.75 Å². The fraction of sp³-hybridized carbons (Fsp3) is 0.130. The van der Waals surface area contributed by atoms with E-state index in [2.05, 4.69) is 0 Å². The van der Waals surface area contributed by atoms with E-state index >= 15 is 0 Å². The molecule has 2 heterocycles. The summed E-state index contributed by atoms with van der Waals surface area (Å²) in [6, 6.07) is 22.0. The molecule has 7 heteroatoms. The van der Waals surface area contributed by atoms with E-state index < -0.39 is 24.0 Å². The number of imide groups is 1. The summed E-state index contributed by atoms with van der Waals surface area (Å²) in [6.07, 6.45) is -0.949. The number of carbonyl (C=O) groups excluding carboxylic acids is 2. The Morgan fingerprint density at radius 2 is 1.53 bits per heavy atom. The van der Waals surface area contributed by atoms with Gasteiger partial charge < -0.3 is 5.11 Å². The molecular formula is C23H17ClN2O4. The molecule has 2 saturated heterocycles. The van der Waals surface area contributed by atoms with Crippen molar-refractivity contribution in [2.24, 2.45) is 5.92 Å². The minimum absolute atomic E-state index is 0.120. The van der Waals surface area contributed by atoms with Gasteiger partial charge in [-0.15, -0.1) is 0 Å². The van der Waals surface area contributed by atoms with E-state index in [1.54, 1.807) is 53.6 Å². The molecule has 0 saturated carbocycles. The van der Waals surface area contributed by atoms with Gasteiger partial charge in [0.2, 0.25) is 5.91 Å². The predicted molar refractivity (Wildman–Crippen MR) is 112 cm³/mol. The second-order valence-corrected chi connectivity index (χ2v) is 7.68. The van der Waals surface area contributed by atoms with Gasteiger partial charge in [0.05, 0.1) is 17.4 Å². The number of carbonyl (C=O) groups is 2. The number of nitrogens with zero attached hydrogens (tertiary/aromatic N) is 2. The molecule has 6 nitrogen and oxygen atoms in total. The second-order valence-electron chi connectivity index (χ2n) is 7.24. The number of halogens is 1. The Hall–Kier alpha value is -3.35. The zero-order valence-electron chi connectivity index (χ0n) is 15.7. The second kappa shape index (κ2) is 7.16. The Labute approximate surface area is 177 Å². The number of hydrogen-bond donors (Lipinski definition) is 1. The summed E-state index contributed by atoms with van der Waals surface area (Å²) in [5.41, 5.74) is 1.92. The summed E-state index contributed by atoms with van der Waals surface area (Å²) in [5.74, 6) is -1.38. The number of phenols is 1. The predicted octanol–water partition coefficient (Wildman–Crippen LogP) is 4.10. The summed E-state index contributed by atoms with van der Waals surface area (Å²) < 4.78 is 0. The quantitative estimate of drug-likeness (QED) is 0.646. The van der Waals surface area contributed by atoms with Gasteiger partial charge in [-0.1, -0.05) is 48.0 Å². The number of rotatable bonds is 3. The third-order valence-corrected chi connectivity index (χ3v) is 5.66. The highest BCUT2D eigenvalue weighted by atomic mass is 35.5. The lowest BCUT2D eigenvalue weighted by molar-refractivity contribution is -0.126. The Bertz CT molecular complexity index is 1120. The van der Waals surface area contributed by atoms with Crippen LogP contribution in [0.25, 0.3) is 0 Å². The van der Waals surface area contributed by atoms with Gasteiger partial charge in [0.25, 0.3) is 5.91 Å². The molecule has 2 amide bonds. The maximum absolute atomic E-state index is 13.4. The summed E-state index contributed by atoms with van der Waals surface area (Å²) in [5, 5.41) is 11.7. The van der Waals surface area contributed by atoms with E-state index in [-0.39, 0.29) is 11.7 Å². The van der Waals surface area contributed by atoms with Crippen LogP contribution < -0.4 is 9.96 Å². The fourth-order valence-electron chi connectivity index (χ4n) is 4.09. The first-order valence-electron chi connectivity index (χ1n) is 9.48. The van der Waals surface area contributed by atoms with E-state index in [0.717, 1.165) is 16.2 Å². The molecule has 0 spiro atoms. The van der Waals surface area contributed by atoms with Crippen molar-refractivity contribution >= 4 is 34.8 Å². The van der Waals surface area contributed by atoms with E-state index in [1.807, 2.05) is 30.3 Å². The van der Waals surface area contributed by atoms with Gasteiger partial charge in [-0.05, 0) is 48.0 Å². The van der Waals surface area contributed by atoms with Gasteiger partial charge in [-0.2, -0.15) is 0 Å². The minimum Gasteiger partial charge on any atom is -0.508 e. The zero-order chi connectivity index (χ0) is 20.8. The lowest BCUT2D eigenvalue weighted by atomic mass is 9.90. The molecule has 0 bridgehead atoms. The summed E-state index contributed by atoms with van der Waals surface area (Å²) in [4.78, 5) is 33.8. The maximum atomic E-state index is 13.4. The van der Waals surface area contributed by atoms with Gasteiger partial charge >= 0.3 is 0 Å². The highest BCUT2D eigenvalue weighted by molar-refractivity contribution is 6.31. The lowest BCUT2D eigenvalue weighted by Gasteiger charge is -2.28. The topological polar surface area (TPSA) is 70.1 Å². The van der Waals surface area contributed by atoms with Crippen molar-refractivity contribution < 1.29 is 19.5 Å². The van der Waals surface area contributed by atoms with Crippen molar-refractivity contribution in [2.75, 3.05) is 9.96 Å². The van der Waals surface area contributed by atoms with Crippen molar-refractivity contribution in [1.82, 2.24) is 0 Å².